The zero-order valence-corrected chi connectivity index (χ0v) is 12.9. The maximum Gasteiger partial charge on any atom is 0.411 e. The van der Waals surface area contributed by atoms with E-state index >= 15 is 0 Å². The lowest BCUT2D eigenvalue weighted by Crippen LogP contribution is -2.36. The molecule has 0 radical (unpaired) electrons. The van der Waals surface area contributed by atoms with Crippen LogP contribution in [0.25, 0.3) is 0 Å². The van der Waals surface area contributed by atoms with Crippen LogP contribution < -0.4 is 0 Å². The number of hydrogen-bond donors (Lipinski definition) is 0. The van der Waals surface area contributed by atoms with Crippen LogP contribution in [0.3, 0.4) is 0 Å². The molecule has 0 aliphatic carbocycles. The second-order valence-corrected chi connectivity index (χ2v) is 6.57. The standard InChI is InChI=1S/C16H20ClNO2/c1-11-9-14(12-5-7-13(17)8-6-12)18(10-11)15(19)20-16(2,3)4/h5-8,14H,1,9-10H2,2-4H3/t14-/m1/s1. The average Bonchev–Trinajstić information content (AvgIpc) is 2.70. The van der Waals surface area contributed by atoms with E-state index in [1.165, 1.54) is 0 Å². The van der Waals surface area contributed by atoms with E-state index in [0.717, 1.165) is 17.6 Å². The highest BCUT2D eigenvalue weighted by Crippen LogP contribution is 2.35. The minimum absolute atomic E-state index is 0.0189. The van der Waals surface area contributed by atoms with Gasteiger partial charge in [-0.15, -0.1) is 0 Å². The molecule has 1 aliphatic heterocycles. The number of carbonyl (C=O) groups excluding carboxylic acids is 1. The van der Waals surface area contributed by atoms with Crippen molar-refractivity contribution in [2.45, 2.75) is 38.8 Å². The van der Waals surface area contributed by atoms with Gasteiger partial charge in [-0.1, -0.05) is 35.9 Å². The van der Waals surface area contributed by atoms with Crippen molar-refractivity contribution in [2.24, 2.45) is 0 Å². The minimum Gasteiger partial charge on any atom is -0.444 e. The third-order valence-corrected chi connectivity index (χ3v) is 3.39. The number of halogens is 1. The van der Waals surface area contributed by atoms with E-state index in [-0.39, 0.29) is 12.1 Å². The number of rotatable bonds is 1. The van der Waals surface area contributed by atoms with Gasteiger partial charge in [0.05, 0.1) is 6.04 Å². The van der Waals surface area contributed by atoms with Crippen molar-refractivity contribution in [1.82, 2.24) is 4.90 Å². The molecule has 3 nitrogen and oxygen atoms in total. The molecule has 1 saturated heterocycles. The van der Waals surface area contributed by atoms with Crippen LogP contribution in [0.5, 0.6) is 0 Å². The van der Waals surface area contributed by atoms with Crippen molar-refractivity contribution in [3.8, 4) is 0 Å². The van der Waals surface area contributed by atoms with E-state index in [1.807, 2.05) is 45.0 Å². The number of ether oxygens (including phenoxy) is 1. The molecule has 4 heteroatoms. The first-order valence-corrected chi connectivity index (χ1v) is 7.06. The molecule has 1 aromatic carbocycles. The summed E-state index contributed by atoms with van der Waals surface area (Å²) in [5, 5.41) is 0.689. The lowest BCUT2D eigenvalue weighted by Gasteiger charge is -2.28. The predicted molar refractivity (Wildman–Crippen MR) is 80.9 cm³/mol. The Labute approximate surface area is 125 Å². The maximum atomic E-state index is 12.3. The van der Waals surface area contributed by atoms with E-state index in [2.05, 4.69) is 6.58 Å². The number of benzene rings is 1. The maximum absolute atomic E-state index is 12.3. The van der Waals surface area contributed by atoms with Gasteiger partial charge in [-0.3, -0.25) is 4.90 Å². The Morgan fingerprint density at radius 1 is 1.35 bits per heavy atom. The Hall–Kier alpha value is -1.48. The number of amides is 1. The number of carbonyl (C=O) groups is 1. The summed E-state index contributed by atoms with van der Waals surface area (Å²) in [5.41, 5.74) is 1.60. The van der Waals surface area contributed by atoms with Gasteiger partial charge in [0.2, 0.25) is 0 Å². The summed E-state index contributed by atoms with van der Waals surface area (Å²) < 4.78 is 5.47. The molecule has 1 atom stereocenters. The third kappa shape index (κ3) is 3.54. The molecule has 0 unspecified atom stereocenters. The summed E-state index contributed by atoms with van der Waals surface area (Å²) >= 11 is 5.91. The van der Waals surface area contributed by atoms with Gasteiger partial charge in [-0.05, 0) is 44.9 Å². The summed E-state index contributed by atoms with van der Waals surface area (Å²) in [5.74, 6) is 0. The quantitative estimate of drug-likeness (QED) is 0.709. The van der Waals surface area contributed by atoms with E-state index in [1.54, 1.807) is 4.90 Å². The molecule has 1 amide bonds. The van der Waals surface area contributed by atoms with Crippen LogP contribution in [0.15, 0.2) is 36.4 Å². The molecule has 1 heterocycles. The zero-order valence-electron chi connectivity index (χ0n) is 12.1. The summed E-state index contributed by atoms with van der Waals surface area (Å²) in [4.78, 5) is 14.0. The van der Waals surface area contributed by atoms with Gasteiger partial charge in [0.25, 0.3) is 0 Å². The molecular formula is C16H20ClNO2. The fraction of sp³-hybridized carbons (Fsp3) is 0.438. The lowest BCUT2D eigenvalue weighted by molar-refractivity contribution is 0.0227. The third-order valence-electron chi connectivity index (χ3n) is 3.13. The molecule has 0 N–H and O–H groups in total. The predicted octanol–water partition coefficient (Wildman–Crippen LogP) is 4.58. The first kappa shape index (κ1) is 14.9. The number of likely N-dealkylation sites (tertiary alicyclic amines) is 1. The highest BCUT2D eigenvalue weighted by Gasteiger charge is 2.34. The van der Waals surface area contributed by atoms with Gasteiger partial charge in [0.1, 0.15) is 5.60 Å². The Bertz CT molecular complexity index is 516. The van der Waals surface area contributed by atoms with E-state index < -0.39 is 5.60 Å². The summed E-state index contributed by atoms with van der Waals surface area (Å²) in [7, 11) is 0. The Morgan fingerprint density at radius 3 is 2.50 bits per heavy atom. The van der Waals surface area contributed by atoms with Gasteiger partial charge in [-0.2, -0.15) is 0 Å². The van der Waals surface area contributed by atoms with Crippen LogP contribution in [0, 0.1) is 0 Å². The second-order valence-electron chi connectivity index (χ2n) is 6.13. The fourth-order valence-electron chi connectivity index (χ4n) is 2.29. The van der Waals surface area contributed by atoms with Crippen molar-refractivity contribution in [1.29, 1.82) is 0 Å². The molecule has 20 heavy (non-hydrogen) atoms. The molecule has 1 aliphatic rings. The Kier molecular flexibility index (Phi) is 4.09. The average molecular weight is 294 g/mol. The van der Waals surface area contributed by atoms with Crippen molar-refractivity contribution >= 4 is 17.7 Å². The van der Waals surface area contributed by atoms with Crippen LogP contribution in [0.2, 0.25) is 5.02 Å². The highest BCUT2D eigenvalue weighted by atomic mass is 35.5. The fourth-order valence-corrected chi connectivity index (χ4v) is 2.42. The molecule has 0 aromatic heterocycles. The lowest BCUT2D eigenvalue weighted by atomic mass is 10.0. The summed E-state index contributed by atoms with van der Waals surface area (Å²) in [6, 6.07) is 7.55. The van der Waals surface area contributed by atoms with Gasteiger partial charge < -0.3 is 4.74 Å². The van der Waals surface area contributed by atoms with Crippen molar-refractivity contribution in [3.05, 3.63) is 47.0 Å². The first-order chi connectivity index (χ1) is 9.26. The van der Waals surface area contributed by atoms with E-state index in [4.69, 9.17) is 16.3 Å². The van der Waals surface area contributed by atoms with Crippen molar-refractivity contribution in [3.63, 3.8) is 0 Å². The van der Waals surface area contributed by atoms with Crippen molar-refractivity contribution < 1.29 is 9.53 Å². The normalized spacial score (nSPS) is 19.3. The molecular weight excluding hydrogens is 274 g/mol. The Morgan fingerprint density at radius 2 is 1.95 bits per heavy atom. The topological polar surface area (TPSA) is 29.5 Å². The molecule has 0 saturated carbocycles. The summed E-state index contributed by atoms with van der Waals surface area (Å²) in [6.07, 6.45) is 0.469. The second kappa shape index (κ2) is 5.49. The largest absolute Gasteiger partial charge is 0.444 e. The molecule has 0 bridgehead atoms. The molecule has 1 aromatic rings. The van der Waals surface area contributed by atoms with Gasteiger partial charge in [0, 0.05) is 11.6 Å². The first-order valence-electron chi connectivity index (χ1n) is 6.68. The summed E-state index contributed by atoms with van der Waals surface area (Å²) in [6.45, 7) is 10.1. The Balaban J connectivity index is 2.20. The van der Waals surface area contributed by atoms with E-state index in [9.17, 15) is 4.79 Å². The monoisotopic (exact) mass is 293 g/mol. The SMILES string of the molecule is C=C1C[C@H](c2ccc(Cl)cc2)N(C(=O)OC(C)(C)C)C1. The number of hydrogen-bond acceptors (Lipinski definition) is 2. The van der Waals surface area contributed by atoms with Crippen LogP contribution >= 0.6 is 11.6 Å². The van der Waals surface area contributed by atoms with Gasteiger partial charge in [-0.25, -0.2) is 4.79 Å². The smallest absolute Gasteiger partial charge is 0.411 e. The number of nitrogens with zero attached hydrogens (tertiary/aromatic N) is 1. The highest BCUT2D eigenvalue weighted by molar-refractivity contribution is 6.30. The van der Waals surface area contributed by atoms with Crippen LogP contribution in [-0.4, -0.2) is 23.1 Å². The zero-order chi connectivity index (χ0) is 14.9. The van der Waals surface area contributed by atoms with Gasteiger partial charge in [0.15, 0.2) is 0 Å². The minimum atomic E-state index is -0.494. The van der Waals surface area contributed by atoms with Crippen molar-refractivity contribution in [2.75, 3.05) is 6.54 Å². The molecule has 108 valence electrons. The van der Waals surface area contributed by atoms with Crippen LogP contribution in [0.1, 0.15) is 38.8 Å². The molecule has 0 spiro atoms. The molecule has 1 fully saturated rings. The van der Waals surface area contributed by atoms with E-state index in [0.29, 0.717) is 11.6 Å². The molecule has 2 rings (SSSR count). The van der Waals surface area contributed by atoms with Crippen LogP contribution in [0.4, 0.5) is 4.79 Å². The van der Waals surface area contributed by atoms with Gasteiger partial charge >= 0.3 is 6.09 Å². The van der Waals surface area contributed by atoms with Crippen LogP contribution in [-0.2, 0) is 4.74 Å².